The van der Waals surface area contributed by atoms with Gasteiger partial charge in [-0.25, -0.2) is 0 Å². The van der Waals surface area contributed by atoms with Crippen molar-refractivity contribution >= 4 is 29.3 Å². The molecule has 2 saturated heterocycles. The lowest BCUT2D eigenvalue weighted by atomic mass is 9.70. The largest absolute Gasteiger partial charge is 0.497 e. The number of ether oxygens (including phenoxy) is 2. The van der Waals surface area contributed by atoms with Gasteiger partial charge in [-0.05, 0) is 55.2 Å². The summed E-state index contributed by atoms with van der Waals surface area (Å²) in [7, 11) is 1.60. The average molecular weight is 578 g/mol. The molecule has 0 aromatic heterocycles. The van der Waals surface area contributed by atoms with Gasteiger partial charge >= 0.3 is 0 Å². The Morgan fingerprint density at radius 2 is 1.68 bits per heavy atom. The molecule has 8 nitrogen and oxygen atoms in total. The number of halogens is 1. The number of methoxy groups -OCH3 is 1. The molecule has 5 atom stereocenters. The summed E-state index contributed by atoms with van der Waals surface area (Å²) in [4.78, 5) is 43.7. The Labute approximate surface area is 245 Å². The molecule has 2 bridgehead atoms. The third kappa shape index (κ3) is 4.91. The highest BCUT2D eigenvalue weighted by Crippen LogP contribution is 2.59. The highest BCUT2D eigenvalue weighted by molar-refractivity contribution is 6.30. The van der Waals surface area contributed by atoms with Crippen LogP contribution in [0, 0.1) is 11.8 Å². The zero-order valence-corrected chi connectivity index (χ0v) is 24.2. The van der Waals surface area contributed by atoms with Gasteiger partial charge in [0, 0.05) is 24.2 Å². The van der Waals surface area contributed by atoms with Crippen LogP contribution in [-0.4, -0.2) is 53.0 Å². The molecular formula is C32H36ClN3O5. The van der Waals surface area contributed by atoms with Crippen molar-refractivity contribution in [1.82, 2.24) is 15.5 Å². The van der Waals surface area contributed by atoms with Gasteiger partial charge in [0.25, 0.3) is 0 Å². The molecule has 1 spiro atoms. The van der Waals surface area contributed by atoms with Crippen LogP contribution >= 0.6 is 11.6 Å². The molecule has 6 rings (SSSR count). The summed E-state index contributed by atoms with van der Waals surface area (Å²) in [5.41, 5.74) is -0.468. The number of hydrogen-bond donors (Lipinski definition) is 2. The van der Waals surface area contributed by atoms with E-state index in [9.17, 15) is 14.4 Å². The molecule has 0 radical (unpaired) electrons. The molecule has 5 unspecified atom stereocenters. The standard InChI is InChI=1S/C32H36ClN3O5/c1-31-16-17-32(41-31)26(25(31)28(37)34-18-20-10-14-24(40-2)15-11-20)30(39)36(19-21-8-12-22(33)13-9-21)27(32)29(38)35-23-6-4-3-5-7-23/h8-17,23,25-27H,3-7,18-19H2,1-2H3,(H,34,37)(H,35,38). The van der Waals surface area contributed by atoms with Gasteiger partial charge in [0.15, 0.2) is 0 Å². The Balaban J connectivity index is 1.29. The second kappa shape index (κ2) is 10.8. The maximum Gasteiger partial charge on any atom is 0.246 e. The molecular weight excluding hydrogens is 542 g/mol. The first-order chi connectivity index (χ1) is 19.7. The van der Waals surface area contributed by atoms with E-state index in [4.69, 9.17) is 21.1 Å². The molecule has 2 aromatic rings. The van der Waals surface area contributed by atoms with Crippen molar-refractivity contribution in [3.8, 4) is 5.75 Å². The zero-order valence-electron chi connectivity index (χ0n) is 23.4. The molecule has 1 aliphatic carbocycles. The number of amides is 3. The first-order valence-corrected chi connectivity index (χ1v) is 14.8. The van der Waals surface area contributed by atoms with E-state index in [-0.39, 0.29) is 30.3 Å². The summed E-state index contributed by atoms with van der Waals surface area (Å²) >= 11 is 6.11. The van der Waals surface area contributed by atoms with Crippen molar-refractivity contribution in [1.29, 1.82) is 0 Å². The van der Waals surface area contributed by atoms with E-state index in [0.29, 0.717) is 11.6 Å². The number of hydrogen-bond acceptors (Lipinski definition) is 5. The highest BCUT2D eigenvalue weighted by Gasteiger charge is 2.76. The molecule has 41 heavy (non-hydrogen) atoms. The average Bonchev–Trinajstić information content (AvgIpc) is 3.54. The molecule has 3 heterocycles. The maximum absolute atomic E-state index is 14.3. The Morgan fingerprint density at radius 1 is 1.00 bits per heavy atom. The Hall–Kier alpha value is -3.36. The van der Waals surface area contributed by atoms with Crippen LogP contribution in [0.5, 0.6) is 5.75 Å². The molecule has 1 saturated carbocycles. The second-order valence-electron chi connectivity index (χ2n) is 11.8. The third-order valence-corrected chi connectivity index (χ3v) is 9.42. The van der Waals surface area contributed by atoms with Crippen LogP contribution in [0.4, 0.5) is 0 Å². The Kier molecular flexibility index (Phi) is 7.32. The van der Waals surface area contributed by atoms with Gasteiger partial charge in [-0.3, -0.25) is 14.4 Å². The predicted molar refractivity (Wildman–Crippen MR) is 154 cm³/mol. The lowest BCUT2D eigenvalue weighted by Gasteiger charge is -2.34. The van der Waals surface area contributed by atoms with Gasteiger partial charge in [0.05, 0.1) is 24.5 Å². The van der Waals surface area contributed by atoms with Crippen molar-refractivity contribution in [2.45, 2.75) is 75.4 Å². The number of likely N-dealkylation sites (tertiary alicyclic amines) is 1. The van der Waals surface area contributed by atoms with Crippen LogP contribution < -0.4 is 15.4 Å². The fourth-order valence-corrected chi connectivity index (χ4v) is 7.28. The minimum atomic E-state index is -1.22. The molecule has 3 fully saturated rings. The van der Waals surface area contributed by atoms with E-state index >= 15 is 0 Å². The third-order valence-electron chi connectivity index (χ3n) is 9.17. The molecule has 216 valence electrons. The lowest BCUT2D eigenvalue weighted by Crippen LogP contribution is -2.56. The second-order valence-corrected chi connectivity index (χ2v) is 12.3. The van der Waals surface area contributed by atoms with Gasteiger partial charge in [-0.15, -0.1) is 0 Å². The van der Waals surface area contributed by atoms with E-state index in [2.05, 4.69) is 10.6 Å². The van der Waals surface area contributed by atoms with Crippen molar-refractivity contribution in [2.24, 2.45) is 11.8 Å². The molecule has 2 aromatic carbocycles. The first-order valence-electron chi connectivity index (χ1n) is 14.4. The normalized spacial score (nSPS) is 30.4. The number of carbonyl (C=O) groups excluding carboxylic acids is 3. The highest BCUT2D eigenvalue weighted by atomic mass is 35.5. The Morgan fingerprint density at radius 3 is 2.37 bits per heavy atom. The quantitative estimate of drug-likeness (QED) is 0.459. The van der Waals surface area contributed by atoms with Crippen LogP contribution in [0.25, 0.3) is 0 Å². The molecule has 4 aliphatic rings. The van der Waals surface area contributed by atoms with Crippen LogP contribution in [0.15, 0.2) is 60.7 Å². The summed E-state index contributed by atoms with van der Waals surface area (Å²) in [5, 5.41) is 6.84. The number of rotatable bonds is 8. The fourth-order valence-electron chi connectivity index (χ4n) is 7.16. The predicted octanol–water partition coefficient (Wildman–Crippen LogP) is 4.15. The van der Waals surface area contributed by atoms with E-state index < -0.39 is 29.1 Å². The minimum absolute atomic E-state index is 0.0703. The summed E-state index contributed by atoms with van der Waals surface area (Å²) in [5.74, 6) is -1.61. The van der Waals surface area contributed by atoms with Gasteiger partial charge < -0.3 is 25.0 Å². The summed E-state index contributed by atoms with van der Waals surface area (Å²) in [6.07, 6.45) is 8.87. The first kappa shape index (κ1) is 27.8. The molecule has 3 amide bonds. The van der Waals surface area contributed by atoms with Crippen LogP contribution in [0.2, 0.25) is 5.02 Å². The van der Waals surface area contributed by atoms with Crippen molar-refractivity contribution in [2.75, 3.05) is 7.11 Å². The van der Waals surface area contributed by atoms with Gasteiger partial charge in [0.2, 0.25) is 17.7 Å². The van der Waals surface area contributed by atoms with E-state index in [1.54, 1.807) is 24.1 Å². The molecule has 2 N–H and O–H groups in total. The lowest BCUT2D eigenvalue weighted by molar-refractivity contribution is -0.145. The smallest absolute Gasteiger partial charge is 0.246 e. The summed E-state index contributed by atoms with van der Waals surface area (Å²) < 4.78 is 11.9. The summed E-state index contributed by atoms with van der Waals surface area (Å²) in [6, 6.07) is 13.9. The summed E-state index contributed by atoms with van der Waals surface area (Å²) in [6.45, 7) is 2.35. The number of benzene rings is 2. The number of nitrogens with one attached hydrogen (secondary N) is 2. The van der Waals surface area contributed by atoms with Gasteiger partial charge in [-0.1, -0.05) is 67.3 Å². The number of nitrogens with zero attached hydrogens (tertiary/aromatic N) is 1. The minimum Gasteiger partial charge on any atom is -0.497 e. The number of fused-ring (bicyclic) bond motifs is 1. The van der Waals surface area contributed by atoms with Crippen molar-refractivity contribution in [3.63, 3.8) is 0 Å². The molecule has 3 aliphatic heterocycles. The van der Waals surface area contributed by atoms with Crippen LogP contribution in [0.3, 0.4) is 0 Å². The topological polar surface area (TPSA) is 97.0 Å². The monoisotopic (exact) mass is 577 g/mol. The SMILES string of the molecule is COc1ccc(CNC(=O)C2C3C(=O)N(Cc4ccc(Cl)cc4)C(C(=O)NC4CCCCC4)C34C=CC2(C)O4)cc1. The van der Waals surface area contributed by atoms with Crippen molar-refractivity contribution < 1.29 is 23.9 Å². The zero-order chi connectivity index (χ0) is 28.8. The fraction of sp³-hybridized carbons (Fsp3) is 0.469. The van der Waals surface area contributed by atoms with Gasteiger partial charge in [-0.2, -0.15) is 0 Å². The van der Waals surface area contributed by atoms with Crippen LogP contribution in [0.1, 0.15) is 50.2 Å². The Bertz CT molecular complexity index is 1360. The van der Waals surface area contributed by atoms with Gasteiger partial charge in [0.1, 0.15) is 17.4 Å². The maximum atomic E-state index is 14.3. The van der Waals surface area contributed by atoms with E-state index in [1.807, 2.05) is 55.5 Å². The van der Waals surface area contributed by atoms with E-state index in [1.165, 1.54) is 6.42 Å². The van der Waals surface area contributed by atoms with Crippen molar-refractivity contribution in [3.05, 3.63) is 76.8 Å². The number of carbonyl (C=O) groups is 3. The molecule has 9 heteroatoms. The van der Waals surface area contributed by atoms with Crippen LogP contribution in [-0.2, 0) is 32.2 Å². The van der Waals surface area contributed by atoms with E-state index in [0.717, 1.165) is 42.6 Å².